The van der Waals surface area contributed by atoms with Crippen LogP contribution in [-0.4, -0.2) is 38.7 Å². The number of aryl methyl sites for hydroxylation is 2. The highest BCUT2D eigenvalue weighted by molar-refractivity contribution is 7.09. The Balaban J connectivity index is 2.04. The summed E-state index contributed by atoms with van der Waals surface area (Å²) >= 11 is 1.67. The number of aliphatic hydroxyl groups is 1. The van der Waals surface area contributed by atoms with Crippen LogP contribution in [0.4, 0.5) is 0 Å². The van der Waals surface area contributed by atoms with E-state index in [4.69, 9.17) is 0 Å². The van der Waals surface area contributed by atoms with Crippen molar-refractivity contribution in [3.8, 4) is 5.75 Å². The second-order valence-corrected chi connectivity index (χ2v) is 6.14. The Morgan fingerprint density at radius 1 is 1.24 bits per heavy atom. The Labute approximate surface area is 128 Å². The maximum atomic E-state index is 10.1. The minimum atomic E-state index is -0.113. The van der Waals surface area contributed by atoms with Gasteiger partial charge in [0.25, 0.3) is 0 Å². The molecule has 0 radical (unpaired) electrons. The van der Waals surface area contributed by atoms with E-state index in [9.17, 15) is 10.2 Å². The SMILES string of the molecule is Cc1ncsc1CCN(C)Cc1c(CO)cnc(C)c1O. The zero-order chi connectivity index (χ0) is 15.4. The van der Waals surface area contributed by atoms with Gasteiger partial charge in [0.05, 0.1) is 23.5 Å². The maximum Gasteiger partial charge on any atom is 0.141 e. The summed E-state index contributed by atoms with van der Waals surface area (Å²) < 4.78 is 0. The van der Waals surface area contributed by atoms with Crippen molar-refractivity contribution in [2.45, 2.75) is 33.4 Å². The first-order valence-corrected chi connectivity index (χ1v) is 7.75. The molecule has 0 aromatic carbocycles. The van der Waals surface area contributed by atoms with Gasteiger partial charge in [-0.25, -0.2) is 4.98 Å². The zero-order valence-corrected chi connectivity index (χ0v) is 13.4. The summed E-state index contributed by atoms with van der Waals surface area (Å²) in [7, 11) is 2.01. The molecule has 0 spiro atoms. The van der Waals surface area contributed by atoms with Crippen molar-refractivity contribution >= 4 is 11.3 Å². The summed E-state index contributed by atoms with van der Waals surface area (Å²) in [4.78, 5) is 11.8. The van der Waals surface area contributed by atoms with Crippen LogP contribution in [-0.2, 0) is 19.6 Å². The van der Waals surface area contributed by atoms with E-state index in [0.717, 1.165) is 24.2 Å². The molecule has 2 N–H and O–H groups in total. The van der Waals surface area contributed by atoms with E-state index in [1.165, 1.54) is 4.88 Å². The summed E-state index contributed by atoms with van der Waals surface area (Å²) in [6.07, 6.45) is 2.57. The summed E-state index contributed by atoms with van der Waals surface area (Å²) in [5, 5.41) is 19.5. The van der Waals surface area contributed by atoms with Gasteiger partial charge in [-0.15, -0.1) is 11.3 Å². The van der Waals surface area contributed by atoms with Crippen LogP contribution in [0.1, 0.15) is 27.4 Å². The number of pyridine rings is 1. The molecular formula is C15H21N3O2S. The second-order valence-electron chi connectivity index (χ2n) is 5.20. The predicted octanol–water partition coefficient (Wildman–Crippen LogP) is 2.03. The van der Waals surface area contributed by atoms with Crippen molar-refractivity contribution in [1.82, 2.24) is 14.9 Å². The molecule has 2 aromatic heterocycles. The number of aromatic nitrogens is 2. The molecule has 0 aliphatic carbocycles. The largest absolute Gasteiger partial charge is 0.506 e. The molecule has 0 unspecified atom stereocenters. The molecule has 2 aromatic rings. The van der Waals surface area contributed by atoms with Gasteiger partial charge in [-0.3, -0.25) is 4.98 Å². The third-order valence-corrected chi connectivity index (χ3v) is 4.59. The van der Waals surface area contributed by atoms with Crippen molar-refractivity contribution < 1.29 is 10.2 Å². The lowest BCUT2D eigenvalue weighted by atomic mass is 10.1. The molecule has 6 heteroatoms. The quantitative estimate of drug-likeness (QED) is 0.854. The Bertz CT molecular complexity index is 613. The van der Waals surface area contributed by atoms with Crippen LogP contribution in [0.3, 0.4) is 0 Å². The van der Waals surface area contributed by atoms with Gasteiger partial charge in [-0.05, 0) is 27.3 Å². The normalized spacial score (nSPS) is 11.3. The second kappa shape index (κ2) is 6.98. The van der Waals surface area contributed by atoms with Crippen molar-refractivity contribution in [2.75, 3.05) is 13.6 Å². The average Bonchev–Trinajstić information content (AvgIpc) is 2.87. The summed E-state index contributed by atoms with van der Waals surface area (Å²) in [5.74, 6) is 0.183. The van der Waals surface area contributed by atoms with E-state index >= 15 is 0 Å². The number of nitrogens with zero attached hydrogens (tertiary/aromatic N) is 3. The van der Waals surface area contributed by atoms with Crippen LogP contribution < -0.4 is 0 Å². The molecule has 2 heterocycles. The van der Waals surface area contributed by atoms with E-state index < -0.39 is 0 Å². The van der Waals surface area contributed by atoms with Crippen LogP contribution in [0.25, 0.3) is 0 Å². The fraction of sp³-hybridized carbons (Fsp3) is 0.467. The number of aromatic hydroxyl groups is 1. The molecule has 0 saturated carbocycles. The number of hydrogen-bond acceptors (Lipinski definition) is 6. The van der Waals surface area contributed by atoms with Crippen LogP contribution in [0.5, 0.6) is 5.75 Å². The highest BCUT2D eigenvalue weighted by atomic mass is 32.1. The number of thiazole rings is 1. The number of likely N-dealkylation sites (N-methyl/N-ethyl adjacent to an activating group) is 1. The molecule has 0 amide bonds. The van der Waals surface area contributed by atoms with Crippen LogP contribution >= 0.6 is 11.3 Å². The lowest BCUT2D eigenvalue weighted by Gasteiger charge is -2.19. The Hall–Kier alpha value is -1.50. The maximum absolute atomic E-state index is 10.1. The van der Waals surface area contributed by atoms with E-state index in [-0.39, 0.29) is 12.4 Å². The molecule has 2 rings (SSSR count). The molecule has 0 saturated heterocycles. The summed E-state index contributed by atoms with van der Waals surface area (Å²) in [6.45, 7) is 5.13. The van der Waals surface area contributed by atoms with Crippen molar-refractivity contribution in [3.05, 3.63) is 39.1 Å². The smallest absolute Gasteiger partial charge is 0.141 e. The van der Waals surface area contributed by atoms with Gasteiger partial charge < -0.3 is 15.1 Å². The third-order valence-electron chi connectivity index (χ3n) is 3.59. The molecular weight excluding hydrogens is 286 g/mol. The van der Waals surface area contributed by atoms with Crippen LogP contribution in [0.15, 0.2) is 11.7 Å². The van der Waals surface area contributed by atoms with E-state index in [1.807, 2.05) is 19.5 Å². The molecule has 0 bridgehead atoms. The summed E-state index contributed by atoms with van der Waals surface area (Å²) in [6, 6.07) is 0. The fourth-order valence-electron chi connectivity index (χ4n) is 2.20. The first kappa shape index (κ1) is 15.9. The number of aliphatic hydroxyl groups excluding tert-OH is 1. The topological polar surface area (TPSA) is 69.5 Å². The van der Waals surface area contributed by atoms with Gasteiger partial charge >= 0.3 is 0 Å². The first-order valence-electron chi connectivity index (χ1n) is 6.87. The minimum Gasteiger partial charge on any atom is -0.506 e. The van der Waals surface area contributed by atoms with Crippen LogP contribution in [0.2, 0.25) is 0 Å². The highest BCUT2D eigenvalue weighted by Gasteiger charge is 2.13. The fourth-order valence-corrected chi connectivity index (χ4v) is 2.97. The van der Waals surface area contributed by atoms with Crippen molar-refractivity contribution in [2.24, 2.45) is 0 Å². The zero-order valence-electron chi connectivity index (χ0n) is 12.6. The van der Waals surface area contributed by atoms with Gasteiger partial charge in [0, 0.05) is 35.3 Å². The first-order chi connectivity index (χ1) is 10.0. The standard InChI is InChI=1S/C15H21N3O2S/c1-10-14(21-9-17-10)4-5-18(3)7-13-12(8-19)6-16-11(2)15(13)20/h6,9,19-20H,4-5,7-8H2,1-3H3. The Morgan fingerprint density at radius 2 is 2.00 bits per heavy atom. The van der Waals surface area contributed by atoms with Crippen molar-refractivity contribution in [1.29, 1.82) is 0 Å². The van der Waals surface area contributed by atoms with E-state index in [2.05, 4.69) is 14.9 Å². The molecule has 0 aliphatic rings. The monoisotopic (exact) mass is 307 g/mol. The van der Waals surface area contributed by atoms with Gasteiger partial charge in [-0.2, -0.15) is 0 Å². The molecule has 5 nitrogen and oxygen atoms in total. The minimum absolute atomic E-state index is 0.113. The van der Waals surface area contributed by atoms with Gasteiger partial charge in [0.2, 0.25) is 0 Å². The molecule has 0 fully saturated rings. The average molecular weight is 307 g/mol. The van der Waals surface area contributed by atoms with E-state index in [0.29, 0.717) is 17.8 Å². The molecule has 114 valence electrons. The van der Waals surface area contributed by atoms with Gasteiger partial charge in [0.15, 0.2) is 0 Å². The Kier molecular flexibility index (Phi) is 5.27. The molecule has 0 atom stereocenters. The number of hydrogen-bond donors (Lipinski definition) is 2. The Morgan fingerprint density at radius 3 is 2.62 bits per heavy atom. The van der Waals surface area contributed by atoms with Gasteiger partial charge in [0.1, 0.15) is 5.75 Å². The molecule has 21 heavy (non-hydrogen) atoms. The lowest BCUT2D eigenvalue weighted by molar-refractivity contribution is 0.272. The van der Waals surface area contributed by atoms with E-state index in [1.54, 1.807) is 24.5 Å². The predicted molar refractivity (Wildman–Crippen MR) is 83.5 cm³/mol. The summed E-state index contributed by atoms with van der Waals surface area (Å²) in [5.41, 5.74) is 4.99. The highest BCUT2D eigenvalue weighted by Crippen LogP contribution is 2.25. The third kappa shape index (κ3) is 3.78. The van der Waals surface area contributed by atoms with Crippen molar-refractivity contribution in [3.63, 3.8) is 0 Å². The van der Waals surface area contributed by atoms with Crippen LogP contribution in [0, 0.1) is 13.8 Å². The van der Waals surface area contributed by atoms with Gasteiger partial charge in [-0.1, -0.05) is 0 Å². The lowest BCUT2D eigenvalue weighted by Crippen LogP contribution is -2.22. The molecule has 0 aliphatic heterocycles. The number of rotatable bonds is 6.